The van der Waals surface area contributed by atoms with E-state index in [4.69, 9.17) is 4.74 Å². The quantitative estimate of drug-likeness (QED) is 0.174. The summed E-state index contributed by atoms with van der Waals surface area (Å²) in [5.41, 5.74) is 15.7. The first-order valence-corrected chi connectivity index (χ1v) is 18.5. The minimum atomic E-state index is -0.343. The first kappa shape index (κ1) is 31.5. The summed E-state index contributed by atoms with van der Waals surface area (Å²) < 4.78 is 6.47. The zero-order valence-corrected chi connectivity index (χ0v) is 30.2. The van der Waals surface area contributed by atoms with Crippen LogP contribution in [0.15, 0.2) is 169 Å². The molecule has 248 valence electrons. The minimum Gasteiger partial charge on any atom is -0.476 e. The summed E-state index contributed by atoms with van der Waals surface area (Å²) in [6.45, 7) is 9.03. The van der Waals surface area contributed by atoms with Crippen LogP contribution >= 0.6 is 11.8 Å². The van der Waals surface area contributed by atoms with E-state index >= 15 is 0 Å². The summed E-state index contributed by atoms with van der Waals surface area (Å²) in [6, 6.07) is 59.6. The molecule has 0 unspecified atom stereocenters. The van der Waals surface area contributed by atoms with E-state index in [0.29, 0.717) is 0 Å². The van der Waals surface area contributed by atoms with Gasteiger partial charge >= 0.3 is 0 Å². The largest absolute Gasteiger partial charge is 0.476 e. The first-order chi connectivity index (χ1) is 24.8. The molecule has 2 aliphatic rings. The van der Waals surface area contributed by atoms with Crippen molar-refractivity contribution in [1.29, 1.82) is 0 Å². The third-order valence-corrected chi connectivity index (χ3v) is 11.6. The van der Waals surface area contributed by atoms with Gasteiger partial charge in [0.15, 0.2) is 4.93 Å². The van der Waals surface area contributed by atoms with E-state index in [0.717, 1.165) is 22.8 Å². The molecule has 1 aliphatic heterocycles. The Morgan fingerprint density at radius 1 is 0.451 bits per heavy atom. The summed E-state index contributed by atoms with van der Waals surface area (Å²) >= 11 is 1.80. The lowest BCUT2D eigenvalue weighted by Gasteiger charge is -2.31. The lowest BCUT2D eigenvalue weighted by atomic mass is 9.81. The van der Waals surface area contributed by atoms with Gasteiger partial charge in [-0.1, -0.05) is 147 Å². The number of nitrogens with zero attached hydrogens (tertiary/aromatic N) is 1. The summed E-state index contributed by atoms with van der Waals surface area (Å²) in [6.07, 6.45) is 0. The van der Waals surface area contributed by atoms with Gasteiger partial charge < -0.3 is 9.64 Å². The molecule has 0 amide bonds. The van der Waals surface area contributed by atoms with Gasteiger partial charge in [0.2, 0.25) is 0 Å². The number of hydrogen-bond donors (Lipinski definition) is 0. The van der Waals surface area contributed by atoms with Gasteiger partial charge in [0.25, 0.3) is 0 Å². The maximum absolute atomic E-state index is 6.47. The highest BCUT2D eigenvalue weighted by Gasteiger charge is 2.38. The molecular weight excluding hydrogens is 639 g/mol. The van der Waals surface area contributed by atoms with Crippen LogP contribution in [0.1, 0.15) is 38.8 Å². The fourth-order valence-electron chi connectivity index (χ4n) is 7.88. The fraction of sp³-hybridized carbons (Fsp3) is 0.125. The lowest BCUT2D eigenvalue weighted by molar-refractivity contribution is 0.215. The van der Waals surface area contributed by atoms with Crippen LogP contribution in [-0.4, -0.2) is 4.93 Å². The van der Waals surface area contributed by atoms with Crippen molar-refractivity contribution in [2.45, 2.75) is 42.9 Å². The Hall–Kier alpha value is -5.51. The third-order valence-electron chi connectivity index (χ3n) is 10.4. The summed E-state index contributed by atoms with van der Waals surface area (Å²) in [4.78, 5) is 3.29. The SMILES string of the molecule is CC1(C)Oc2cccc(-c3cc4c(cc3N(c3ccc(-c5ccccc5)cc3)c3ccc(-c5ccccc5)cc3)C(C)(C)c3ccccc3-4)c2S1. The van der Waals surface area contributed by atoms with E-state index in [9.17, 15) is 0 Å². The van der Waals surface area contributed by atoms with Crippen molar-refractivity contribution in [1.82, 2.24) is 0 Å². The highest BCUT2D eigenvalue weighted by atomic mass is 32.2. The molecule has 0 spiro atoms. The van der Waals surface area contributed by atoms with Gasteiger partial charge in [-0.2, -0.15) is 0 Å². The number of thioether (sulfide) groups is 1. The van der Waals surface area contributed by atoms with E-state index in [2.05, 4.69) is 196 Å². The zero-order chi connectivity index (χ0) is 34.7. The Bertz CT molecular complexity index is 2310. The average molecular weight is 678 g/mol. The van der Waals surface area contributed by atoms with E-state index in [1.54, 1.807) is 11.8 Å². The second-order valence-electron chi connectivity index (χ2n) is 14.5. The summed E-state index contributed by atoms with van der Waals surface area (Å²) in [7, 11) is 0. The Balaban J connectivity index is 1.29. The normalized spacial score (nSPS) is 14.7. The number of anilines is 3. The van der Waals surface area contributed by atoms with Crippen LogP contribution in [0, 0.1) is 0 Å². The minimum absolute atomic E-state index is 0.155. The fourth-order valence-corrected chi connectivity index (χ4v) is 9.00. The van der Waals surface area contributed by atoms with E-state index in [-0.39, 0.29) is 10.3 Å². The van der Waals surface area contributed by atoms with Crippen molar-refractivity contribution >= 4 is 28.8 Å². The Labute approximate surface area is 305 Å². The molecule has 0 saturated heterocycles. The van der Waals surface area contributed by atoms with Gasteiger partial charge in [-0.3, -0.25) is 0 Å². The standard InChI is InChI=1S/C48H39NOS/c1-47(2)42-20-12-11-18-38(42)40-30-41(39-19-13-21-45-46(39)51-48(3,4)50-45)44(31-43(40)47)49(36-26-22-34(23-27-36)32-14-7-5-8-15-32)37-28-24-35(25-29-37)33-16-9-6-10-17-33/h5-31H,1-4H3. The maximum Gasteiger partial charge on any atom is 0.153 e. The highest BCUT2D eigenvalue weighted by molar-refractivity contribution is 8.01. The molecule has 0 fully saturated rings. The van der Waals surface area contributed by atoms with Gasteiger partial charge in [-0.05, 0) is 101 Å². The van der Waals surface area contributed by atoms with Crippen LogP contribution in [0.25, 0.3) is 44.5 Å². The summed E-state index contributed by atoms with van der Waals surface area (Å²) in [5, 5.41) is 0. The molecule has 7 aromatic rings. The molecule has 0 radical (unpaired) electrons. The Kier molecular flexibility index (Phi) is 7.45. The second kappa shape index (κ2) is 12.1. The summed E-state index contributed by atoms with van der Waals surface area (Å²) in [5.74, 6) is 0.945. The molecule has 0 saturated carbocycles. The van der Waals surface area contributed by atoms with E-state index < -0.39 is 0 Å². The Morgan fingerprint density at radius 2 is 0.980 bits per heavy atom. The molecule has 9 rings (SSSR count). The van der Waals surface area contributed by atoms with Gasteiger partial charge in [-0.15, -0.1) is 0 Å². The van der Waals surface area contributed by atoms with Crippen molar-refractivity contribution in [2.24, 2.45) is 0 Å². The van der Waals surface area contributed by atoms with Crippen molar-refractivity contribution < 1.29 is 4.74 Å². The number of rotatable bonds is 6. The molecule has 1 heterocycles. The highest BCUT2D eigenvalue weighted by Crippen LogP contribution is 2.57. The number of ether oxygens (including phenoxy) is 1. The van der Waals surface area contributed by atoms with Gasteiger partial charge in [0.1, 0.15) is 5.75 Å². The van der Waals surface area contributed by atoms with E-state index in [1.165, 1.54) is 60.5 Å². The van der Waals surface area contributed by atoms with Gasteiger partial charge in [-0.25, -0.2) is 0 Å². The topological polar surface area (TPSA) is 12.5 Å². The van der Waals surface area contributed by atoms with Gasteiger partial charge in [0.05, 0.1) is 10.6 Å². The van der Waals surface area contributed by atoms with Crippen molar-refractivity contribution in [2.75, 3.05) is 4.90 Å². The van der Waals surface area contributed by atoms with Crippen LogP contribution in [0.3, 0.4) is 0 Å². The number of benzene rings is 7. The molecular formula is C48H39NOS. The molecule has 51 heavy (non-hydrogen) atoms. The second-order valence-corrected chi connectivity index (χ2v) is 16.1. The molecule has 0 N–H and O–H groups in total. The van der Waals surface area contributed by atoms with Gasteiger partial charge in [0, 0.05) is 27.9 Å². The van der Waals surface area contributed by atoms with Crippen molar-refractivity contribution in [3.63, 3.8) is 0 Å². The third kappa shape index (κ3) is 5.44. The lowest BCUT2D eigenvalue weighted by Crippen LogP contribution is -2.18. The first-order valence-electron chi connectivity index (χ1n) is 17.7. The molecule has 0 atom stereocenters. The molecule has 2 nitrogen and oxygen atoms in total. The monoisotopic (exact) mass is 677 g/mol. The predicted molar refractivity (Wildman–Crippen MR) is 216 cm³/mol. The molecule has 3 heteroatoms. The van der Waals surface area contributed by atoms with Crippen molar-refractivity contribution in [3.05, 3.63) is 175 Å². The Morgan fingerprint density at radius 3 is 1.59 bits per heavy atom. The van der Waals surface area contributed by atoms with Crippen LogP contribution in [0.5, 0.6) is 5.75 Å². The molecule has 0 bridgehead atoms. The van der Waals surface area contributed by atoms with Crippen LogP contribution in [0.4, 0.5) is 17.1 Å². The smallest absolute Gasteiger partial charge is 0.153 e. The molecule has 1 aliphatic carbocycles. The van der Waals surface area contributed by atoms with Crippen LogP contribution in [-0.2, 0) is 5.41 Å². The van der Waals surface area contributed by atoms with Crippen molar-refractivity contribution in [3.8, 4) is 50.3 Å². The number of hydrogen-bond acceptors (Lipinski definition) is 3. The average Bonchev–Trinajstić information content (AvgIpc) is 3.61. The van der Waals surface area contributed by atoms with Crippen LogP contribution in [0.2, 0.25) is 0 Å². The van der Waals surface area contributed by atoms with Crippen LogP contribution < -0.4 is 9.64 Å². The maximum atomic E-state index is 6.47. The van der Waals surface area contributed by atoms with E-state index in [1.807, 2.05) is 0 Å². The number of fused-ring (bicyclic) bond motifs is 4. The molecule has 7 aromatic carbocycles. The zero-order valence-electron chi connectivity index (χ0n) is 29.4. The predicted octanol–water partition coefficient (Wildman–Crippen LogP) is 13.7. The molecule has 0 aromatic heterocycles.